The first-order valence-electron chi connectivity index (χ1n) is 8.57. The Bertz CT molecular complexity index is 469. The second-order valence-corrected chi connectivity index (χ2v) is 5.63. The van der Waals surface area contributed by atoms with Gasteiger partial charge in [0.1, 0.15) is 0 Å². The number of rotatable bonds is 11. The molecule has 0 fully saturated rings. The van der Waals surface area contributed by atoms with Crippen LogP contribution in [-0.4, -0.2) is 47.7 Å². The lowest BCUT2D eigenvalue weighted by Crippen LogP contribution is -2.39. The van der Waals surface area contributed by atoms with Crippen molar-refractivity contribution in [2.24, 2.45) is 4.99 Å². The summed E-state index contributed by atoms with van der Waals surface area (Å²) >= 11 is 0. The Hall–Kier alpha value is -1.85. The van der Waals surface area contributed by atoms with Crippen molar-refractivity contribution in [3.05, 3.63) is 24.4 Å². The summed E-state index contributed by atoms with van der Waals surface area (Å²) in [5.74, 6) is 2.35. The molecule has 130 valence electrons. The molecule has 0 aromatic carbocycles. The van der Waals surface area contributed by atoms with E-state index >= 15 is 0 Å². The zero-order chi connectivity index (χ0) is 16.9. The van der Waals surface area contributed by atoms with E-state index in [1.54, 1.807) is 0 Å². The molecule has 0 atom stereocenters. The summed E-state index contributed by atoms with van der Waals surface area (Å²) in [5, 5.41) is 7.14. The number of hydrogen-bond acceptors (Lipinski definition) is 4. The molecule has 1 heterocycles. The molecule has 0 saturated carbocycles. The van der Waals surface area contributed by atoms with Crippen molar-refractivity contribution >= 4 is 5.96 Å². The number of nitrogens with zero attached hydrogens (tertiary/aromatic N) is 4. The standard InChI is InChI=1S/C17H31N5O/c1-5-7-8-9-10-14-22(4)17(18-6-2)19-13-11-12-16-20-15(3)21-23-16/h5H,1,6-14H2,2-4H3,(H,18,19). The minimum absolute atomic E-state index is 0.688. The van der Waals surface area contributed by atoms with Crippen LogP contribution in [0.15, 0.2) is 22.2 Å². The molecule has 0 aliphatic carbocycles. The Labute approximate surface area is 140 Å². The molecule has 1 rings (SSSR count). The molecular formula is C17H31N5O. The number of guanidine groups is 1. The third-order valence-electron chi connectivity index (χ3n) is 3.48. The lowest BCUT2D eigenvalue weighted by atomic mass is 10.2. The molecule has 0 bridgehead atoms. The molecule has 0 aliphatic rings. The quantitative estimate of drug-likeness (QED) is 0.294. The third kappa shape index (κ3) is 8.38. The zero-order valence-corrected chi connectivity index (χ0v) is 14.8. The molecule has 0 spiro atoms. The van der Waals surface area contributed by atoms with Crippen LogP contribution in [-0.2, 0) is 6.42 Å². The van der Waals surface area contributed by atoms with Gasteiger partial charge in [0.15, 0.2) is 11.8 Å². The van der Waals surface area contributed by atoms with Crippen LogP contribution in [0.5, 0.6) is 0 Å². The topological polar surface area (TPSA) is 66.5 Å². The van der Waals surface area contributed by atoms with Gasteiger partial charge in [0, 0.05) is 33.1 Å². The van der Waals surface area contributed by atoms with Gasteiger partial charge >= 0.3 is 0 Å². The summed E-state index contributed by atoms with van der Waals surface area (Å²) in [6, 6.07) is 0. The van der Waals surface area contributed by atoms with Crippen LogP contribution in [0, 0.1) is 6.92 Å². The fourth-order valence-corrected chi connectivity index (χ4v) is 2.25. The molecule has 0 radical (unpaired) electrons. The minimum Gasteiger partial charge on any atom is -0.357 e. The van der Waals surface area contributed by atoms with E-state index in [0.717, 1.165) is 44.9 Å². The van der Waals surface area contributed by atoms with Crippen molar-refractivity contribution in [3.63, 3.8) is 0 Å². The molecule has 1 N–H and O–H groups in total. The summed E-state index contributed by atoms with van der Waals surface area (Å²) in [7, 11) is 2.09. The van der Waals surface area contributed by atoms with Crippen LogP contribution in [0.25, 0.3) is 0 Å². The molecule has 0 saturated heterocycles. The van der Waals surface area contributed by atoms with Crippen molar-refractivity contribution in [2.45, 2.75) is 52.4 Å². The molecule has 6 heteroatoms. The highest BCUT2D eigenvalue weighted by molar-refractivity contribution is 5.79. The van der Waals surface area contributed by atoms with E-state index < -0.39 is 0 Å². The van der Waals surface area contributed by atoms with Gasteiger partial charge in [-0.3, -0.25) is 4.99 Å². The van der Waals surface area contributed by atoms with Crippen LogP contribution in [0.2, 0.25) is 0 Å². The predicted molar refractivity (Wildman–Crippen MR) is 94.6 cm³/mol. The fourth-order valence-electron chi connectivity index (χ4n) is 2.25. The molecule has 23 heavy (non-hydrogen) atoms. The van der Waals surface area contributed by atoms with Crippen molar-refractivity contribution in [1.82, 2.24) is 20.4 Å². The molecule has 6 nitrogen and oxygen atoms in total. The summed E-state index contributed by atoms with van der Waals surface area (Å²) in [5.41, 5.74) is 0. The van der Waals surface area contributed by atoms with Crippen molar-refractivity contribution < 1.29 is 4.52 Å². The summed E-state index contributed by atoms with van der Waals surface area (Å²) < 4.78 is 5.11. The number of hydrogen-bond donors (Lipinski definition) is 1. The molecule has 0 aliphatic heterocycles. The van der Waals surface area contributed by atoms with Crippen LogP contribution in [0.4, 0.5) is 0 Å². The fraction of sp³-hybridized carbons (Fsp3) is 0.706. The van der Waals surface area contributed by atoms with Gasteiger partial charge < -0.3 is 14.7 Å². The van der Waals surface area contributed by atoms with Crippen molar-refractivity contribution in [1.29, 1.82) is 0 Å². The van der Waals surface area contributed by atoms with Crippen LogP contribution in [0.3, 0.4) is 0 Å². The van der Waals surface area contributed by atoms with Crippen LogP contribution >= 0.6 is 0 Å². The normalized spacial score (nSPS) is 11.5. The SMILES string of the molecule is C=CCCCCCN(C)C(=NCCCc1nc(C)no1)NCC. The number of aryl methyl sites for hydroxylation is 2. The highest BCUT2D eigenvalue weighted by atomic mass is 16.5. The minimum atomic E-state index is 0.688. The van der Waals surface area contributed by atoms with E-state index in [1.807, 2.05) is 13.0 Å². The molecule has 0 amide bonds. The van der Waals surface area contributed by atoms with Crippen molar-refractivity contribution in [3.8, 4) is 0 Å². The Balaban J connectivity index is 2.31. The number of unbranched alkanes of at least 4 members (excludes halogenated alkanes) is 3. The Morgan fingerprint density at radius 3 is 2.83 bits per heavy atom. The average molecular weight is 321 g/mol. The zero-order valence-electron chi connectivity index (χ0n) is 14.8. The monoisotopic (exact) mass is 321 g/mol. The van der Waals surface area contributed by atoms with Gasteiger partial charge in [-0.2, -0.15) is 4.98 Å². The second kappa shape index (κ2) is 11.7. The van der Waals surface area contributed by atoms with Gasteiger partial charge in [0.25, 0.3) is 0 Å². The maximum atomic E-state index is 5.11. The summed E-state index contributed by atoms with van der Waals surface area (Å²) in [6.45, 7) is 10.3. The Morgan fingerprint density at radius 1 is 1.35 bits per heavy atom. The first-order valence-corrected chi connectivity index (χ1v) is 8.57. The van der Waals surface area contributed by atoms with Gasteiger partial charge in [-0.1, -0.05) is 17.7 Å². The van der Waals surface area contributed by atoms with Crippen molar-refractivity contribution in [2.75, 3.05) is 26.7 Å². The van der Waals surface area contributed by atoms with Gasteiger partial charge in [-0.25, -0.2) is 0 Å². The molecule has 1 aromatic heterocycles. The van der Waals surface area contributed by atoms with Gasteiger partial charge in [0.2, 0.25) is 5.89 Å². The molecule has 1 aromatic rings. The van der Waals surface area contributed by atoms with E-state index in [4.69, 9.17) is 4.52 Å². The molecular weight excluding hydrogens is 290 g/mol. The number of allylic oxidation sites excluding steroid dienone is 1. The van der Waals surface area contributed by atoms with Gasteiger partial charge in [0.05, 0.1) is 0 Å². The Kier molecular flexibility index (Phi) is 9.75. The molecule has 0 unspecified atom stereocenters. The van der Waals surface area contributed by atoms with E-state index in [1.165, 1.54) is 19.3 Å². The maximum Gasteiger partial charge on any atom is 0.226 e. The average Bonchev–Trinajstić information content (AvgIpc) is 2.95. The van der Waals surface area contributed by atoms with Gasteiger partial charge in [-0.15, -0.1) is 6.58 Å². The van der Waals surface area contributed by atoms with E-state index in [0.29, 0.717) is 11.7 Å². The summed E-state index contributed by atoms with van der Waals surface area (Å²) in [6.07, 6.45) is 8.39. The highest BCUT2D eigenvalue weighted by Crippen LogP contribution is 2.03. The number of aliphatic imine (C=N–C) groups is 1. The lowest BCUT2D eigenvalue weighted by Gasteiger charge is -2.22. The van der Waals surface area contributed by atoms with E-state index in [9.17, 15) is 0 Å². The maximum absolute atomic E-state index is 5.11. The van der Waals surface area contributed by atoms with E-state index in [-0.39, 0.29) is 0 Å². The lowest BCUT2D eigenvalue weighted by molar-refractivity contribution is 0.372. The highest BCUT2D eigenvalue weighted by Gasteiger charge is 2.06. The largest absolute Gasteiger partial charge is 0.357 e. The predicted octanol–water partition coefficient (Wildman–Crippen LogP) is 2.95. The number of nitrogens with one attached hydrogen (secondary N) is 1. The Morgan fingerprint density at radius 2 is 2.17 bits per heavy atom. The first-order chi connectivity index (χ1) is 11.2. The van der Waals surface area contributed by atoms with Crippen LogP contribution in [0.1, 0.15) is 50.7 Å². The summed E-state index contributed by atoms with van der Waals surface area (Å²) in [4.78, 5) is 11.1. The van der Waals surface area contributed by atoms with Crippen LogP contribution < -0.4 is 5.32 Å². The smallest absolute Gasteiger partial charge is 0.226 e. The second-order valence-electron chi connectivity index (χ2n) is 5.63. The number of aromatic nitrogens is 2. The van der Waals surface area contributed by atoms with E-state index in [2.05, 4.69) is 45.9 Å². The third-order valence-corrected chi connectivity index (χ3v) is 3.48. The first kappa shape index (κ1) is 19.2. The van der Waals surface area contributed by atoms with Gasteiger partial charge in [-0.05, 0) is 39.5 Å².